The maximum atomic E-state index is 15.3. The molecule has 1 fully saturated rings. The van der Waals surface area contributed by atoms with E-state index < -0.39 is 5.82 Å². The predicted molar refractivity (Wildman–Crippen MR) is 128 cm³/mol. The van der Waals surface area contributed by atoms with E-state index in [0.717, 1.165) is 49.9 Å². The van der Waals surface area contributed by atoms with Crippen LogP contribution in [0.5, 0.6) is 0 Å². The lowest BCUT2D eigenvalue weighted by molar-refractivity contribution is 0.222. The number of halogens is 2. The van der Waals surface area contributed by atoms with Crippen molar-refractivity contribution in [1.82, 2.24) is 29.4 Å². The smallest absolute Gasteiger partial charge is 0.164 e. The number of likely N-dealkylation sites (tertiary alicyclic amines) is 1. The normalized spacial score (nSPS) is 15.3. The molecule has 0 saturated carbocycles. The van der Waals surface area contributed by atoms with E-state index in [1.807, 2.05) is 30.5 Å². The first-order valence-corrected chi connectivity index (χ1v) is 11.8. The van der Waals surface area contributed by atoms with Gasteiger partial charge in [-0.2, -0.15) is 0 Å². The Hall–Kier alpha value is -3.26. The number of nitrogens with zero attached hydrogens (tertiary/aromatic N) is 6. The third-order valence-electron chi connectivity index (χ3n) is 6.76. The van der Waals surface area contributed by atoms with Gasteiger partial charge in [-0.1, -0.05) is 19.1 Å². The molecule has 176 valence electrons. The summed E-state index contributed by atoms with van der Waals surface area (Å²) in [6.45, 7) is 9.23. The molecule has 4 heterocycles. The van der Waals surface area contributed by atoms with Gasteiger partial charge in [-0.3, -0.25) is 4.98 Å². The van der Waals surface area contributed by atoms with E-state index >= 15 is 4.39 Å². The SMILES string of the molecule is CCN1CCC(c2ccc(Cn3c(-c4cncc(F)c4)nc4c(C)nc(C)nc43)c(F)c2)CC1. The van der Waals surface area contributed by atoms with Crippen LogP contribution in [0.25, 0.3) is 22.6 Å². The van der Waals surface area contributed by atoms with Crippen molar-refractivity contribution in [2.75, 3.05) is 19.6 Å². The van der Waals surface area contributed by atoms with Crippen molar-refractivity contribution >= 4 is 11.2 Å². The summed E-state index contributed by atoms with van der Waals surface area (Å²) in [6.07, 6.45) is 4.80. The highest BCUT2D eigenvalue weighted by Gasteiger charge is 2.22. The van der Waals surface area contributed by atoms with Crippen LogP contribution >= 0.6 is 0 Å². The highest BCUT2D eigenvalue weighted by Crippen LogP contribution is 2.31. The largest absolute Gasteiger partial charge is 0.304 e. The van der Waals surface area contributed by atoms with Crippen LogP contribution in [0.15, 0.2) is 36.7 Å². The summed E-state index contributed by atoms with van der Waals surface area (Å²) in [6, 6.07) is 6.95. The lowest BCUT2D eigenvalue weighted by Gasteiger charge is -2.31. The maximum Gasteiger partial charge on any atom is 0.164 e. The summed E-state index contributed by atoms with van der Waals surface area (Å²) < 4.78 is 31.1. The molecule has 34 heavy (non-hydrogen) atoms. The number of fused-ring (bicyclic) bond motifs is 1. The third-order valence-corrected chi connectivity index (χ3v) is 6.76. The number of piperidine rings is 1. The number of hydrogen-bond donors (Lipinski definition) is 0. The van der Waals surface area contributed by atoms with Gasteiger partial charge in [-0.15, -0.1) is 0 Å². The molecule has 0 N–H and O–H groups in total. The Morgan fingerprint density at radius 2 is 1.79 bits per heavy atom. The second-order valence-corrected chi connectivity index (χ2v) is 9.00. The highest BCUT2D eigenvalue weighted by atomic mass is 19.1. The molecule has 8 heteroatoms. The molecule has 0 atom stereocenters. The van der Waals surface area contributed by atoms with E-state index in [1.54, 1.807) is 12.3 Å². The van der Waals surface area contributed by atoms with Crippen molar-refractivity contribution < 1.29 is 8.78 Å². The van der Waals surface area contributed by atoms with E-state index in [1.165, 1.54) is 6.07 Å². The molecule has 3 aromatic heterocycles. The summed E-state index contributed by atoms with van der Waals surface area (Å²) in [7, 11) is 0. The monoisotopic (exact) mass is 462 g/mol. The van der Waals surface area contributed by atoms with Gasteiger partial charge < -0.3 is 9.47 Å². The van der Waals surface area contributed by atoms with Crippen LogP contribution in [0.1, 0.15) is 48.3 Å². The van der Waals surface area contributed by atoms with Crippen LogP contribution < -0.4 is 0 Å². The topological polar surface area (TPSA) is 59.7 Å². The van der Waals surface area contributed by atoms with Gasteiger partial charge in [0.05, 0.1) is 18.4 Å². The molecule has 1 saturated heterocycles. The zero-order valence-corrected chi connectivity index (χ0v) is 19.7. The van der Waals surface area contributed by atoms with E-state index in [4.69, 9.17) is 4.98 Å². The van der Waals surface area contributed by atoms with Crippen LogP contribution in [0, 0.1) is 25.5 Å². The molecule has 0 bridgehead atoms. The van der Waals surface area contributed by atoms with Crippen molar-refractivity contribution in [2.45, 2.75) is 46.1 Å². The molecule has 4 aromatic rings. The van der Waals surface area contributed by atoms with Gasteiger partial charge in [-0.25, -0.2) is 23.7 Å². The Labute approximate surface area is 197 Å². The number of aryl methyl sites for hydroxylation is 2. The molecule has 0 amide bonds. The number of pyridine rings is 1. The van der Waals surface area contributed by atoms with Crippen LogP contribution in [-0.4, -0.2) is 49.0 Å². The molecule has 6 nitrogen and oxygen atoms in total. The zero-order chi connectivity index (χ0) is 23.8. The molecule has 0 spiro atoms. The second kappa shape index (κ2) is 9.18. The molecule has 0 unspecified atom stereocenters. The highest BCUT2D eigenvalue weighted by molar-refractivity contribution is 5.79. The lowest BCUT2D eigenvalue weighted by Crippen LogP contribution is -2.32. The van der Waals surface area contributed by atoms with Crippen molar-refractivity contribution in [3.63, 3.8) is 0 Å². The first-order valence-electron chi connectivity index (χ1n) is 11.8. The minimum atomic E-state index is -0.459. The van der Waals surface area contributed by atoms with E-state index in [0.29, 0.717) is 39.9 Å². The molecule has 1 aromatic carbocycles. The quantitative estimate of drug-likeness (QED) is 0.416. The lowest BCUT2D eigenvalue weighted by atomic mass is 9.89. The summed E-state index contributed by atoms with van der Waals surface area (Å²) in [5, 5.41) is 0. The van der Waals surface area contributed by atoms with Gasteiger partial charge in [-0.05, 0) is 69.9 Å². The Balaban J connectivity index is 1.53. The first kappa shape index (κ1) is 22.5. The maximum absolute atomic E-state index is 15.3. The summed E-state index contributed by atoms with van der Waals surface area (Å²) in [4.78, 5) is 20.1. The fourth-order valence-electron chi connectivity index (χ4n) is 4.88. The van der Waals surface area contributed by atoms with E-state index in [9.17, 15) is 4.39 Å². The molecule has 5 rings (SSSR count). The summed E-state index contributed by atoms with van der Waals surface area (Å²) >= 11 is 0. The van der Waals surface area contributed by atoms with Gasteiger partial charge in [0.25, 0.3) is 0 Å². The van der Waals surface area contributed by atoms with Crippen LogP contribution in [0.2, 0.25) is 0 Å². The number of benzene rings is 1. The minimum Gasteiger partial charge on any atom is -0.304 e. The molecule has 1 aliphatic rings. The predicted octanol–water partition coefficient (Wildman–Crippen LogP) is 5.03. The van der Waals surface area contributed by atoms with Crippen molar-refractivity contribution in [3.05, 3.63) is 70.9 Å². The summed E-state index contributed by atoms with van der Waals surface area (Å²) in [5.74, 6) is 0.764. The fraction of sp³-hybridized carbons (Fsp3) is 0.385. The van der Waals surface area contributed by atoms with Crippen LogP contribution in [-0.2, 0) is 6.54 Å². The average Bonchev–Trinajstić information content (AvgIpc) is 3.19. The van der Waals surface area contributed by atoms with E-state index in [2.05, 4.69) is 26.8 Å². The van der Waals surface area contributed by atoms with Crippen LogP contribution in [0.3, 0.4) is 0 Å². The Kier molecular flexibility index (Phi) is 6.08. The Bertz CT molecular complexity index is 1340. The van der Waals surface area contributed by atoms with Gasteiger partial charge in [0.1, 0.15) is 28.8 Å². The molecular formula is C26H28F2N6. The van der Waals surface area contributed by atoms with Gasteiger partial charge in [0.2, 0.25) is 0 Å². The number of rotatable bonds is 5. The molecule has 0 aliphatic carbocycles. The van der Waals surface area contributed by atoms with Gasteiger partial charge in [0.15, 0.2) is 5.65 Å². The van der Waals surface area contributed by atoms with Gasteiger partial charge >= 0.3 is 0 Å². The number of imidazole rings is 1. The van der Waals surface area contributed by atoms with Gasteiger partial charge in [0, 0.05) is 17.3 Å². The average molecular weight is 463 g/mol. The number of hydrogen-bond acceptors (Lipinski definition) is 5. The van der Waals surface area contributed by atoms with E-state index in [-0.39, 0.29) is 12.4 Å². The Morgan fingerprint density at radius 1 is 1.00 bits per heavy atom. The minimum absolute atomic E-state index is 0.221. The molecular weight excluding hydrogens is 434 g/mol. The van der Waals surface area contributed by atoms with Crippen molar-refractivity contribution in [1.29, 1.82) is 0 Å². The standard InChI is InChI=1S/C26H28F2N6/c1-4-33-9-7-18(8-10-33)19-5-6-20(23(28)12-19)15-34-25(21-11-22(27)14-29-13-21)32-24-16(2)30-17(3)31-26(24)34/h5-6,11-14,18H,4,7-10,15H2,1-3H3. The fourth-order valence-corrected chi connectivity index (χ4v) is 4.88. The third kappa shape index (κ3) is 4.30. The Morgan fingerprint density at radius 3 is 2.50 bits per heavy atom. The second-order valence-electron chi connectivity index (χ2n) is 9.00. The van der Waals surface area contributed by atoms with Crippen molar-refractivity contribution in [2.24, 2.45) is 0 Å². The molecule has 1 aliphatic heterocycles. The first-order chi connectivity index (χ1) is 16.4. The summed E-state index contributed by atoms with van der Waals surface area (Å²) in [5.41, 5.74) is 4.03. The zero-order valence-electron chi connectivity index (χ0n) is 19.7. The van der Waals surface area contributed by atoms with Crippen LogP contribution in [0.4, 0.5) is 8.78 Å². The van der Waals surface area contributed by atoms with Crippen molar-refractivity contribution in [3.8, 4) is 11.4 Å². The number of aromatic nitrogens is 5. The molecule has 0 radical (unpaired) electrons.